The summed E-state index contributed by atoms with van der Waals surface area (Å²) in [6.45, 7) is 2.98. The van der Waals surface area contributed by atoms with Gasteiger partial charge in [0.05, 0.1) is 7.11 Å². The monoisotopic (exact) mass is 440 g/mol. The number of hydrogen-bond acceptors (Lipinski definition) is 5. The van der Waals surface area contributed by atoms with Crippen molar-refractivity contribution in [2.75, 3.05) is 20.2 Å². The molecule has 1 fully saturated rings. The summed E-state index contributed by atoms with van der Waals surface area (Å²) in [5.74, 6) is 3.24. The molecular formula is C27H28N4O2. The highest BCUT2D eigenvalue weighted by atomic mass is 16.5. The van der Waals surface area contributed by atoms with E-state index in [0.717, 1.165) is 60.9 Å². The van der Waals surface area contributed by atoms with Crippen LogP contribution in [0.25, 0.3) is 22.8 Å². The number of aromatic nitrogens is 3. The maximum Gasteiger partial charge on any atom is 0.181 e. The van der Waals surface area contributed by atoms with E-state index in [0.29, 0.717) is 11.9 Å². The van der Waals surface area contributed by atoms with Crippen molar-refractivity contribution in [3.8, 4) is 34.3 Å². The Kier molecular flexibility index (Phi) is 6.35. The smallest absolute Gasteiger partial charge is 0.181 e. The van der Waals surface area contributed by atoms with Crippen molar-refractivity contribution in [2.45, 2.75) is 25.5 Å². The lowest BCUT2D eigenvalue weighted by Crippen LogP contribution is -2.37. The predicted molar refractivity (Wildman–Crippen MR) is 129 cm³/mol. The van der Waals surface area contributed by atoms with Crippen LogP contribution in [-0.4, -0.2) is 46.4 Å². The second-order valence-electron chi connectivity index (χ2n) is 8.34. The molecule has 4 aromatic rings. The van der Waals surface area contributed by atoms with E-state index in [9.17, 15) is 0 Å². The van der Waals surface area contributed by atoms with Crippen LogP contribution in [0.15, 0.2) is 78.9 Å². The standard InChI is InChI=1S/C27H28N4O2/c1-32-23-12-10-21(11-13-23)26-28-27(30-29-26)22-7-5-6-20(18-22)19-31-16-14-25(15-17-31)33-24-8-3-2-4-9-24/h2-13,18,25H,14-17,19H2,1H3,(H,28,29,30). The summed E-state index contributed by atoms with van der Waals surface area (Å²) < 4.78 is 11.4. The second-order valence-corrected chi connectivity index (χ2v) is 8.34. The van der Waals surface area contributed by atoms with Crippen LogP contribution in [0, 0.1) is 0 Å². The molecule has 3 aromatic carbocycles. The molecule has 1 N–H and O–H groups in total. The van der Waals surface area contributed by atoms with Crippen LogP contribution in [0.5, 0.6) is 11.5 Å². The number of ether oxygens (including phenoxy) is 2. The highest BCUT2D eigenvalue weighted by Crippen LogP contribution is 2.24. The van der Waals surface area contributed by atoms with Gasteiger partial charge >= 0.3 is 0 Å². The van der Waals surface area contributed by atoms with E-state index < -0.39 is 0 Å². The molecule has 1 aliphatic rings. The Bertz CT molecular complexity index is 1170. The van der Waals surface area contributed by atoms with Gasteiger partial charge in [-0.1, -0.05) is 36.4 Å². The minimum absolute atomic E-state index is 0.291. The summed E-state index contributed by atoms with van der Waals surface area (Å²) in [6.07, 6.45) is 2.38. The molecule has 1 aromatic heterocycles. The van der Waals surface area contributed by atoms with Crippen molar-refractivity contribution in [3.63, 3.8) is 0 Å². The molecule has 0 bridgehead atoms. The van der Waals surface area contributed by atoms with Gasteiger partial charge in [0, 0.05) is 30.8 Å². The van der Waals surface area contributed by atoms with Crippen LogP contribution in [0.3, 0.4) is 0 Å². The third-order valence-electron chi connectivity index (χ3n) is 6.02. The van der Waals surface area contributed by atoms with Crippen molar-refractivity contribution in [3.05, 3.63) is 84.4 Å². The lowest BCUT2D eigenvalue weighted by Gasteiger charge is -2.32. The van der Waals surface area contributed by atoms with Gasteiger partial charge in [-0.2, -0.15) is 5.10 Å². The Balaban J connectivity index is 1.20. The number of H-pyrrole nitrogens is 1. The summed E-state index contributed by atoms with van der Waals surface area (Å²) in [7, 11) is 1.66. The maximum absolute atomic E-state index is 6.13. The first-order valence-corrected chi connectivity index (χ1v) is 11.4. The number of piperidine rings is 1. The predicted octanol–water partition coefficient (Wildman–Crippen LogP) is 5.19. The van der Waals surface area contributed by atoms with Crippen molar-refractivity contribution < 1.29 is 9.47 Å². The molecule has 0 spiro atoms. The zero-order valence-electron chi connectivity index (χ0n) is 18.8. The van der Waals surface area contributed by atoms with E-state index in [4.69, 9.17) is 14.5 Å². The maximum atomic E-state index is 6.13. The minimum atomic E-state index is 0.291. The highest BCUT2D eigenvalue weighted by molar-refractivity contribution is 5.62. The van der Waals surface area contributed by atoms with Crippen molar-refractivity contribution >= 4 is 0 Å². The fourth-order valence-electron chi connectivity index (χ4n) is 4.21. The first-order valence-electron chi connectivity index (χ1n) is 11.4. The molecule has 0 atom stereocenters. The SMILES string of the molecule is COc1ccc(-c2nc(-c3cccc(CN4CCC(Oc5ccccc5)CC4)c3)n[nH]2)cc1. The quantitative estimate of drug-likeness (QED) is 0.428. The molecule has 5 rings (SSSR count). The van der Waals surface area contributed by atoms with Crippen LogP contribution < -0.4 is 9.47 Å². The van der Waals surface area contributed by atoms with Gasteiger partial charge in [-0.25, -0.2) is 4.98 Å². The fourth-order valence-corrected chi connectivity index (χ4v) is 4.21. The Hall–Kier alpha value is -3.64. The number of benzene rings is 3. The fraction of sp³-hybridized carbons (Fsp3) is 0.259. The Morgan fingerprint density at radius 2 is 1.67 bits per heavy atom. The van der Waals surface area contributed by atoms with Gasteiger partial charge in [-0.3, -0.25) is 10.00 Å². The molecule has 0 amide bonds. The number of hydrogen-bond donors (Lipinski definition) is 1. The number of nitrogens with one attached hydrogen (secondary N) is 1. The zero-order valence-corrected chi connectivity index (χ0v) is 18.8. The number of para-hydroxylation sites is 1. The van der Waals surface area contributed by atoms with Crippen LogP contribution in [0.1, 0.15) is 18.4 Å². The van der Waals surface area contributed by atoms with E-state index in [2.05, 4.69) is 39.4 Å². The minimum Gasteiger partial charge on any atom is -0.497 e. The molecule has 6 heteroatoms. The average Bonchev–Trinajstić information content (AvgIpc) is 3.37. The van der Waals surface area contributed by atoms with Crippen molar-refractivity contribution in [1.82, 2.24) is 20.1 Å². The van der Waals surface area contributed by atoms with Crippen molar-refractivity contribution in [2.24, 2.45) is 0 Å². The van der Waals surface area contributed by atoms with Crippen molar-refractivity contribution in [1.29, 1.82) is 0 Å². The number of aromatic amines is 1. The molecule has 0 radical (unpaired) electrons. The van der Waals surface area contributed by atoms with Crippen LogP contribution >= 0.6 is 0 Å². The first kappa shape index (κ1) is 21.2. The molecular weight excluding hydrogens is 412 g/mol. The van der Waals surface area contributed by atoms with Gasteiger partial charge in [-0.15, -0.1) is 0 Å². The molecule has 1 aliphatic heterocycles. The molecule has 33 heavy (non-hydrogen) atoms. The van der Waals surface area contributed by atoms with Gasteiger partial charge < -0.3 is 9.47 Å². The normalized spacial score (nSPS) is 14.8. The lowest BCUT2D eigenvalue weighted by atomic mass is 10.1. The van der Waals surface area contributed by atoms with E-state index in [1.165, 1.54) is 5.56 Å². The molecule has 0 unspecified atom stereocenters. The third kappa shape index (κ3) is 5.23. The van der Waals surface area contributed by atoms with Gasteiger partial charge in [0.1, 0.15) is 17.6 Å². The Morgan fingerprint density at radius 3 is 2.42 bits per heavy atom. The number of nitrogens with zero attached hydrogens (tertiary/aromatic N) is 3. The van der Waals surface area contributed by atoms with Gasteiger partial charge in [0.2, 0.25) is 0 Å². The summed E-state index contributed by atoms with van der Waals surface area (Å²) in [5, 5.41) is 7.50. The Morgan fingerprint density at radius 1 is 0.879 bits per heavy atom. The van der Waals surface area contributed by atoms with E-state index in [1.54, 1.807) is 7.11 Å². The molecule has 0 aliphatic carbocycles. The summed E-state index contributed by atoms with van der Waals surface area (Å²) in [4.78, 5) is 7.20. The molecule has 168 valence electrons. The summed E-state index contributed by atoms with van der Waals surface area (Å²) in [5.41, 5.74) is 3.27. The first-order chi connectivity index (χ1) is 16.3. The van der Waals surface area contributed by atoms with Crippen LogP contribution in [0.4, 0.5) is 0 Å². The zero-order chi connectivity index (χ0) is 22.5. The van der Waals surface area contributed by atoms with Gasteiger partial charge in [0.15, 0.2) is 11.6 Å². The number of likely N-dealkylation sites (tertiary alicyclic amines) is 1. The lowest BCUT2D eigenvalue weighted by molar-refractivity contribution is 0.0968. The summed E-state index contributed by atoms with van der Waals surface area (Å²) in [6, 6.07) is 26.4. The Labute approximate surface area is 194 Å². The van der Waals surface area contributed by atoms with Gasteiger partial charge in [0.25, 0.3) is 0 Å². The number of methoxy groups -OCH3 is 1. The third-order valence-corrected chi connectivity index (χ3v) is 6.02. The van der Waals surface area contributed by atoms with E-state index >= 15 is 0 Å². The van der Waals surface area contributed by atoms with Crippen LogP contribution in [-0.2, 0) is 6.54 Å². The molecule has 0 saturated carbocycles. The summed E-state index contributed by atoms with van der Waals surface area (Å²) >= 11 is 0. The topological polar surface area (TPSA) is 63.3 Å². The second kappa shape index (κ2) is 9.88. The molecule has 2 heterocycles. The van der Waals surface area contributed by atoms with Crippen LogP contribution in [0.2, 0.25) is 0 Å². The highest BCUT2D eigenvalue weighted by Gasteiger charge is 2.21. The largest absolute Gasteiger partial charge is 0.497 e. The van der Waals surface area contributed by atoms with Gasteiger partial charge in [-0.05, 0) is 60.9 Å². The molecule has 1 saturated heterocycles. The molecule has 6 nitrogen and oxygen atoms in total. The van der Waals surface area contributed by atoms with E-state index in [1.807, 2.05) is 54.6 Å². The van der Waals surface area contributed by atoms with E-state index in [-0.39, 0.29) is 0 Å². The number of rotatable bonds is 7. The average molecular weight is 441 g/mol.